The monoisotopic (exact) mass is 393 g/mol. The molecule has 2 aromatic rings. The van der Waals surface area contributed by atoms with Crippen molar-refractivity contribution < 1.29 is 17.9 Å². The van der Waals surface area contributed by atoms with E-state index in [-0.39, 0.29) is 29.3 Å². The van der Waals surface area contributed by atoms with Crippen molar-refractivity contribution in [2.24, 2.45) is 0 Å². The van der Waals surface area contributed by atoms with Crippen LogP contribution in [0.1, 0.15) is 25.2 Å². The van der Waals surface area contributed by atoms with Gasteiger partial charge in [-0.2, -0.15) is 23.6 Å². The summed E-state index contributed by atoms with van der Waals surface area (Å²) in [6.45, 7) is 4.88. The third kappa shape index (κ3) is 4.40. The minimum absolute atomic E-state index is 0.0285. The summed E-state index contributed by atoms with van der Waals surface area (Å²) >= 11 is 0. The van der Waals surface area contributed by atoms with Crippen LogP contribution in [0, 0.1) is 11.3 Å². The SMILES string of the molecule is CC1CN(c2ccc(C(F)(F)F)cc2NC=C(C#N)c2nn[nH]n2)CC(C)O1. The number of nitrogens with zero attached hydrogens (tertiary/aromatic N) is 5. The molecule has 0 aliphatic carbocycles. The third-order valence-electron chi connectivity index (χ3n) is 4.16. The summed E-state index contributed by atoms with van der Waals surface area (Å²) in [6.07, 6.45) is -3.36. The zero-order valence-corrected chi connectivity index (χ0v) is 15.2. The Bertz CT molecular complexity index is 879. The van der Waals surface area contributed by atoms with Crippen LogP contribution in [0.5, 0.6) is 0 Å². The van der Waals surface area contributed by atoms with E-state index in [2.05, 4.69) is 25.9 Å². The van der Waals surface area contributed by atoms with Gasteiger partial charge in [0.2, 0.25) is 5.82 Å². The minimum Gasteiger partial charge on any atom is -0.372 e. The molecule has 1 aromatic heterocycles. The third-order valence-corrected chi connectivity index (χ3v) is 4.16. The number of hydrogen-bond acceptors (Lipinski definition) is 7. The van der Waals surface area contributed by atoms with Gasteiger partial charge in [0.1, 0.15) is 11.6 Å². The topological polar surface area (TPSA) is 103 Å². The predicted octanol–water partition coefficient (Wildman–Crippen LogP) is 2.81. The number of anilines is 2. The number of morpholine rings is 1. The molecule has 0 radical (unpaired) electrons. The number of halogens is 3. The van der Waals surface area contributed by atoms with Crippen molar-refractivity contribution in [2.75, 3.05) is 23.3 Å². The van der Waals surface area contributed by atoms with Crippen molar-refractivity contribution in [1.29, 1.82) is 5.26 Å². The summed E-state index contributed by atoms with van der Waals surface area (Å²) in [6, 6.07) is 5.37. The number of H-pyrrole nitrogens is 1. The fourth-order valence-electron chi connectivity index (χ4n) is 3.05. The van der Waals surface area contributed by atoms with E-state index >= 15 is 0 Å². The highest BCUT2D eigenvalue weighted by Gasteiger charge is 2.32. The zero-order valence-electron chi connectivity index (χ0n) is 15.2. The Balaban J connectivity index is 1.97. The molecule has 0 saturated carbocycles. The molecule has 1 aromatic carbocycles. The molecular formula is C17H18F3N7O. The van der Waals surface area contributed by atoms with Crippen LogP contribution in [0.2, 0.25) is 0 Å². The molecule has 1 fully saturated rings. The lowest BCUT2D eigenvalue weighted by atomic mass is 10.1. The fraction of sp³-hybridized carbons (Fsp3) is 0.412. The van der Waals surface area contributed by atoms with Gasteiger partial charge >= 0.3 is 6.18 Å². The van der Waals surface area contributed by atoms with Crippen LogP contribution < -0.4 is 10.2 Å². The lowest BCUT2D eigenvalue weighted by Gasteiger charge is -2.37. The van der Waals surface area contributed by atoms with Gasteiger partial charge in [-0.05, 0) is 37.3 Å². The van der Waals surface area contributed by atoms with Crippen LogP contribution in [0.4, 0.5) is 24.5 Å². The zero-order chi connectivity index (χ0) is 20.3. The van der Waals surface area contributed by atoms with Gasteiger partial charge in [-0.25, -0.2) is 0 Å². The first-order valence-electron chi connectivity index (χ1n) is 8.50. The molecule has 1 saturated heterocycles. The quantitative estimate of drug-likeness (QED) is 0.770. The van der Waals surface area contributed by atoms with Crippen molar-refractivity contribution in [1.82, 2.24) is 20.6 Å². The van der Waals surface area contributed by atoms with Crippen molar-refractivity contribution in [3.8, 4) is 6.07 Å². The molecule has 1 aliphatic rings. The van der Waals surface area contributed by atoms with Crippen LogP contribution in [-0.2, 0) is 10.9 Å². The average molecular weight is 393 g/mol. The molecule has 3 rings (SSSR count). The second-order valence-corrected chi connectivity index (χ2v) is 6.44. The molecule has 2 atom stereocenters. The Morgan fingerprint density at radius 3 is 2.64 bits per heavy atom. The first kappa shape index (κ1) is 19.6. The largest absolute Gasteiger partial charge is 0.416 e. The molecule has 0 spiro atoms. The summed E-state index contributed by atoms with van der Waals surface area (Å²) in [5.41, 5.74) is 0.0319. The number of nitrogens with one attached hydrogen (secondary N) is 2. The lowest BCUT2D eigenvalue weighted by molar-refractivity contribution is -0.137. The molecule has 1 aliphatic heterocycles. The van der Waals surface area contributed by atoms with E-state index in [9.17, 15) is 18.4 Å². The van der Waals surface area contributed by atoms with Crippen LogP contribution in [0.25, 0.3) is 5.57 Å². The number of benzene rings is 1. The average Bonchev–Trinajstić information content (AvgIpc) is 3.15. The number of tetrazole rings is 1. The molecule has 0 bridgehead atoms. The Kier molecular flexibility index (Phi) is 5.51. The van der Waals surface area contributed by atoms with Gasteiger partial charge in [0, 0.05) is 19.3 Å². The summed E-state index contributed by atoms with van der Waals surface area (Å²) in [4.78, 5) is 1.95. The van der Waals surface area contributed by atoms with E-state index in [1.54, 1.807) is 0 Å². The van der Waals surface area contributed by atoms with Gasteiger partial charge in [0.25, 0.3) is 0 Å². The molecule has 2 unspecified atom stereocenters. The number of rotatable bonds is 4. The Hall–Kier alpha value is -3.13. The first-order chi connectivity index (χ1) is 13.3. The minimum atomic E-state index is -4.49. The van der Waals surface area contributed by atoms with E-state index in [1.165, 1.54) is 12.3 Å². The van der Waals surface area contributed by atoms with E-state index < -0.39 is 11.7 Å². The predicted molar refractivity (Wildman–Crippen MR) is 95.1 cm³/mol. The van der Waals surface area contributed by atoms with E-state index in [0.717, 1.165) is 12.1 Å². The Morgan fingerprint density at radius 1 is 1.36 bits per heavy atom. The molecule has 28 heavy (non-hydrogen) atoms. The highest BCUT2D eigenvalue weighted by Crippen LogP contribution is 2.36. The molecule has 2 N–H and O–H groups in total. The normalized spacial score (nSPS) is 20.7. The van der Waals surface area contributed by atoms with Crippen molar-refractivity contribution >= 4 is 16.9 Å². The number of nitriles is 1. The van der Waals surface area contributed by atoms with Crippen LogP contribution in [0.3, 0.4) is 0 Å². The van der Waals surface area contributed by atoms with Crippen LogP contribution in [-0.4, -0.2) is 45.9 Å². The van der Waals surface area contributed by atoms with Gasteiger partial charge in [-0.15, -0.1) is 10.2 Å². The number of aromatic amines is 1. The van der Waals surface area contributed by atoms with Crippen LogP contribution >= 0.6 is 0 Å². The number of ether oxygens (including phenoxy) is 1. The molecule has 0 amide bonds. The lowest BCUT2D eigenvalue weighted by Crippen LogP contribution is -2.45. The number of alkyl halides is 3. The smallest absolute Gasteiger partial charge is 0.372 e. The second-order valence-electron chi connectivity index (χ2n) is 6.44. The van der Waals surface area contributed by atoms with Crippen molar-refractivity contribution in [2.45, 2.75) is 32.2 Å². The molecule has 11 heteroatoms. The van der Waals surface area contributed by atoms with E-state index in [4.69, 9.17) is 4.74 Å². The maximum absolute atomic E-state index is 13.2. The standard InChI is InChI=1S/C17H18F3N7O/c1-10-8-27(9-11(2)28-10)15-4-3-13(17(18,19)20)5-14(15)22-7-12(6-21)16-23-25-26-24-16/h3-5,7,10-11,22H,8-9H2,1-2H3,(H,23,24,25,26). The van der Waals surface area contributed by atoms with Crippen molar-refractivity contribution in [3.05, 3.63) is 35.8 Å². The van der Waals surface area contributed by atoms with Crippen LogP contribution in [0.15, 0.2) is 24.4 Å². The molecule has 2 heterocycles. The van der Waals surface area contributed by atoms with Gasteiger partial charge in [0.05, 0.1) is 29.1 Å². The highest BCUT2D eigenvalue weighted by molar-refractivity contribution is 5.78. The summed E-state index contributed by atoms with van der Waals surface area (Å²) in [7, 11) is 0. The maximum atomic E-state index is 13.2. The highest BCUT2D eigenvalue weighted by atomic mass is 19.4. The van der Waals surface area contributed by atoms with Crippen molar-refractivity contribution in [3.63, 3.8) is 0 Å². The number of aromatic nitrogens is 4. The summed E-state index contributed by atoms with van der Waals surface area (Å²) in [5, 5.41) is 25.1. The van der Waals surface area contributed by atoms with Gasteiger partial charge in [0.15, 0.2) is 0 Å². The Morgan fingerprint density at radius 2 is 2.07 bits per heavy atom. The van der Waals surface area contributed by atoms with E-state index in [0.29, 0.717) is 18.8 Å². The summed E-state index contributed by atoms with van der Waals surface area (Å²) in [5.74, 6) is 0.0390. The fourth-order valence-corrected chi connectivity index (χ4v) is 3.05. The first-order valence-corrected chi connectivity index (χ1v) is 8.50. The second kappa shape index (κ2) is 7.85. The number of allylic oxidation sites excluding steroid dienone is 1. The number of hydrogen-bond donors (Lipinski definition) is 2. The maximum Gasteiger partial charge on any atom is 0.416 e. The molecular weight excluding hydrogens is 375 g/mol. The van der Waals surface area contributed by atoms with Gasteiger partial charge in [-0.1, -0.05) is 0 Å². The Labute approximate surface area is 159 Å². The van der Waals surface area contributed by atoms with Gasteiger partial charge in [-0.3, -0.25) is 0 Å². The molecule has 8 nitrogen and oxygen atoms in total. The van der Waals surface area contributed by atoms with E-state index in [1.807, 2.05) is 24.8 Å². The summed E-state index contributed by atoms with van der Waals surface area (Å²) < 4.78 is 45.3. The molecule has 148 valence electrons. The van der Waals surface area contributed by atoms with Gasteiger partial charge < -0.3 is 15.0 Å².